The number of nitrogens with zero attached hydrogens (tertiary/aromatic N) is 1. The molecule has 0 aromatic rings. The van der Waals surface area contributed by atoms with Crippen molar-refractivity contribution in [3.05, 3.63) is 23.4 Å². The second-order valence-corrected chi connectivity index (χ2v) is 2.67. The van der Waals surface area contributed by atoms with Crippen LogP contribution in [0.1, 0.15) is 26.7 Å². The first-order valence-corrected chi connectivity index (χ1v) is 3.65. The lowest BCUT2D eigenvalue weighted by Crippen LogP contribution is -1.83. The molecule has 0 spiro atoms. The number of hydrogen-bond acceptors (Lipinski definition) is 1. The molecule has 0 aromatic carbocycles. The third-order valence-corrected chi connectivity index (χ3v) is 1.57. The lowest BCUT2D eigenvalue weighted by Gasteiger charge is -1.99. The van der Waals surface area contributed by atoms with Gasteiger partial charge in [-0.05, 0) is 32.8 Å². The fourth-order valence-electron chi connectivity index (χ4n) is 0.890. The molecule has 1 nitrogen and oxygen atoms in total. The third-order valence-electron chi connectivity index (χ3n) is 1.57. The van der Waals surface area contributed by atoms with E-state index in [9.17, 15) is 0 Å². The highest BCUT2D eigenvalue weighted by atomic mass is 14.7. The van der Waals surface area contributed by atoms with Crippen molar-refractivity contribution in [3.8, 4) is 0 Å². The van der Waals surface area contributed by atoms with Gasteiger partial charge in [0, 0.05) is 11.9 Å². The van der Waals surface area contributed by atoms with Gasteiger partial charge in [-0.2, -0.15) is 0 Å². The Bertz CT molecular complexity index is 197. The van der Waals surface area contributed by atoms with Gasteiger partial charge in [0.2, 0.25) is 0 Å². The summed E-state index contributed by atoms with van der Waals surface area (Å²) in [5.74, 6) is 0. The molecule has 0 radical (unpaired) electrons. The Balaban J connectivity index is 2.75. The predicted molar refractivity (Wildman–Crippen MR) is 45.2 cm³/mol. The zero-order valence-electron chi connectivity index (χ0n) is 6.59. The number of hydrogen-bond donors (Lipinski definition) is 0. The summed E-state index contributed by atoms with van der Waals surface area (Å²) in [6.45, 7) is 4.18. The van der Waals surface area contributed by atoms with Crippen LogP contribution in [0.5, 0.6) is 0 Å². The van der Waals surface area contributed by atoms with E-state index in [4.69, 9.17) is 0 Å². The summed E-state index contributed by atoms with van der Waals surface area (Å²) in [7, 11) is 0. The van der Waals surface area contributed by atoms with Crippen LogP contribution in [-0.4, -0.2) is 6.21 Å². The highest BCUT2D eigenvalue weighted by molar-refractivity contribution is 5.59. The molecule has 0 saturated heterocycles. The Morgan fingerprint density at radius 2 is 2.10 bits per heavy atom. The molecule has 1 heteroatoms. The highest BCUT2D eigenvalue weighted by Crippen LogP contribution is 2.07. The summed E-state index contributed by atoms with van der Waals surface area (Å²) in [6, 6.07) is 0. The first kappa shape index (κ1) is 7.26. The van der Waals surface area contributed by atoms with Gasteiger partial charge in [-0.25, -0.2) is 0 Å². The number of aliphatic imine (C=N–C) groups is 1. The molecule has 0 atom stereocenters. The molecule has 1 aliphatic heterocycles. The number of rotatable bonds is 0. The quantitative estimate of drug-likeness (QED) is 0.484. The molecule has 54 valence electrons. The fourth-order valence-corrected chi connectivity index (χ4v) is 0.890. The van der Waals surface area contributed by atoms with Crippen molar-refractivity contribution in [2.24, 2.45) is 4.99 Å². The SMILES string of the molecule is C/C1=C/C=C(\C)CCC=N1. The minimum Gasteiger partial charge on any atom is -0.266 e. The maximum absolute atomic E-state index is 4.21. The van der Waals surface area contributed by atoms with Crippen molar-refractivity contribution in [1.82, 2.24) is 0 Å². The van der Waals surface area contributed by atoms with Crippen LogP contribution in [0.15, 0.2) is 28.4 Å². The first-order chi connectivity index (χ1) is 4.79. The molecule has 0 aliphatic carbocycles. The normalized spacial score (nSPS) is 29.4. The molecule has 10 heavy (non-hydrogen) atoms. The van der Waals surface area contributed by atoms with E-state index in [1.165, 1.54) is 5.57 Å². The van der Waals surface area contributed by atoms with Gasteiger partial charge in [-0.1, -0.05) is 11.6 Å². The van der Waals surface area contributed by atoms with Gasteiger partial charge >= 0.3 is 0 Å². The van der Waals surface area contributed by atoms with E-state index in [0.717, 1.165) is 18.5 Å². The van der Waals surface area contributed by atoms with Crippen molar-refractivity contribution < 1.29 is 0 Å². The average Bonchev–Trinajstić information content (AvgIpc) is 1.90. The highest BCUT2D eigenvalue weighted by Gasteiger charge is 1.90. The monoisotopic (exact) mass is 135 g/mol. The molecule has 0 N–H and O–H groups in total. The van der Waals surface area contributed by atoms with Crippen LogP contribution in [0.4, 0.5) is 0 Å². The Morgan fingerprint density at radius 3 is 2.90 bits per heavy atom. The molecule has 0 fully saturated rings. The van der Waals surface area contributed by atoms with E-state index in [1.807, 2.05) is 13.1 Å². The van der Waals surface area contributed by atoms with Gasteiger partial charge in [-0.3, -0.25) is 4.99 Å². The van der Waals surface area contributed by atoms with E-state index in [2.05, 4.69) is 24.1 Å². The second-order valence-electron chi connectivity index (χ2n) is 2.67. The van der Waals surface area contributed by atoms with Crippen LogP contribution in [-0.2, 0) is 0 Å². The zero-order chi connectivity index (χ0) is 7.40. The smallest absolute Gasteiger partial charge is 0.0368 e. The average molecular weight is 135 g/mol. The van der Waals surface area contributed by atoms with E-state index < -0.39 is 0 Å². The van der Waals surface area contributed by atoms with E-state index in [1.54, 1.807) is 0 Å². The second kappa shape index (κ2) is 3.35. The Hall–Kier alpha value is -0.850. The predicted octanol–water partition coefficient (Wildman–Crippen LogP) is 2.70. The van der Waals surface area contributed by atoms with Crippen LogP contribution in [0.2, 0.25) is 0 Å². The molecule has 1 heterocycles. The molecule has 0 saturated carbocycles. The zero-order valence-corrected chi connectivity index (χ0v) is 6.59. The molecule has 1 aliphatic rings. The van der Waals surface area contributed by atoms with Gasteiger partial charge in [0.1, 0.15) is 0 Å². The minimum atomic E-state index is 1.08. The van der Waals surface area contributed by atoms with E-state index in [0.29, 0.717) is 0 Å². The summed E-state index contributed by atoms with van der Waals surface area (Å²) in [5.41, 5.74) is 2.53. The van der Waals surface area contributed by atoms with Crippen molar-refractivity contribution in [2.75, 3.05) is 0 Å². The maximum atomic E-state index is 4.21. The van der Waals surface area contributed by atoms with Crippen molar-refractivity contribution >= 4 is 6.21 Å². The minimum absolute atomic E-state index is 1.08. The topological polar surface area (TPSA) is 12.4 Å². The van der Waals surface area contributed by atoms with Crippen LogP contribution in [0, 0.1) is 0 Å². The third kappa shape index (κ3) is 2.18. The van der Waals surface area contributed by atoms with Crippen LogP contribution in [0.3, 0.4) is 0 Å². The lowest BCUT2D eigenvalue weighted by molar-refractivity contribution is 1.01. The van der Waals surface area contributed by atoms with Crippen LogP contribution in [0.25, 0.3) is 0 Å². The summed E-state index contributed by atoms with van der Waals surface area (Å²) in [4.78, 5) is 4.21. The molecule has 1 rings (SSSR count). The van der Waals surface area contributed by atoms with Gasteiger partial charge in [0.15, 0.2) is 0 Å². The van der Waals surface area contributed by atoms with E-state index >= 15 is 0 Å². The molecular formula is C9H13N. The van der Waals surface area contributed by atoms with Crippen LogP contribution < -0.4 is 0 Å². The Kier molecular flexibility index (Phi) is 2.43. The largest absolute Gasteiger partial charge is 0.266 e. The molecule has 0 amide bonds. The molecule has 0 bridgehead atoms. The summed E-state index contributed by atoms with van der Waals surface area (Å²) in [5, 5.41) is 0. The van der Waals surface area contributed by atoms with Crippen molar-refractivity contribution in [3.63, 3.8) is 0 Å². The van der Waals surface area contributed by atoms with Gasteiger partial charge < -0.3 is 0 Å². The fraction of sp³-hybridized carbons (Fsp3) is 0.444. The van der Waals surface area contributed by atoms with Gasteiger partial charge in [0.25, 0.3) is 0 Å². The first-order valence-electron chi connectivity index (χ1n) is 3.65. The Morgan fingerprint density at radius 1 is 1.30 bits per heavy atom. The Labute approximate surface area is 62.2 Å². The van der Waals surface area contributed by atoms with Crippen LogP contribution >= 0.6 is 0 Å². The number of allylic oxidation sites excluding steroid dienone is 4. The summed E-state index contributed by atoms with van der Waals surface area (Å²) < 4.78 is 0. The summed E-state index contributed by atoms with van der Waals surface area (Å²) in [6.07, 6.45) is 8.42. The standard InChI is InChI=1S/C9H13N/c1-8-4-3-7-10-9(2)6-5-8/h5-7H,3-4H2,1-2H3/b8-5+,9-6-,10-7?. The maximum Gasteiger partial charge on any atom is 0.0368 e. The lowest BCUT2D eigenvalue weighted by atomic mass is 10.1. The van der Waals surface area contributed by atoms with Crippen molar-refractivity contribution in [2.45, 2.75) is 26.7 Å². The van der Waals surface area contributed by atoms with Gasteiger partial charge in [-0.15, -0.1) is 0 Å². The molecular weight excluding hydrogens is 122 g/mol. The molecule has 0 aromatic heterocycles. The van der Waals surface area contributed by atoms with Crippen molar-refractivity contribution in [1.29, 1.82) is 0 Å². The van der Waals surface area contributed by atoms with E-state index in [-0.39, 0.29) is 0 Å². The van der Waals surface area contributed by atoms with Gasteiger partial charge in [0.05, 0.1) is 0 Å². The summed E-state index contributed by atoms with van der Waals surface area (Å²) >= 11 is 0. The molecule has 0 unspecified atom stereocenters.